The van der Waals surface area contributed by atoms with Crippen LogP contribution in [-0.4, -0.2) is 0 Å². The minimum atomic E-state index is -2.92. The molecule has 0 aromatic heterocycles. The summed E-state index contributed by atoms with van der Waals surface area (Å²) in [6.45, 7) is -5.83. The van der Waals surface area contributed by atoms with Gasteiger partial charge in [0.1, 0.15) is 0 Å². The molecule has 2 rings (SSSR count). The first-order valence-corrected chi connectivity index (χ1v) is 3.25. The largest absolute Gasteiger partial charge is 0.0632 e. The maximum atomic E-state index is 8.03. The van der Waals surface area contributed by atoms with Gasteiger partial charge in [0.2, 0.25) is 0 Å². The molecule has 0 saturated carbocycles. The Bertz CT molecular complexity index is 843. The van der Waals surface area contributed by atoms with Gasteiger partial charge in [0.05, 0.1) is 8.22 Å². The van der Waals surface area contributed by atoms with Crippen molar-refractivity contribution in [3.63, 3.8) is 0 Å². The molecule has 0 radical (unpaired) electrons. The highest BCUT2D eigenvalue weighted by molar-refractivity contribution is 5.85. The standard InChI is InChI=1S/C12H12/c1-9-6-7-12-10(2)4-3-5-11(12)8-9/h3-8H,1-2H3/i1D3,2D3,3D,4D,5D,6D,7D,8D. The maximum absolute atomic E-state index is 8.03. The number of fused-ring (bicyclic) bond motifs is 1. The lowest BCUT2D eigenvalue weighted by Gasteiger charge is -2.01. The molecule has 0 atom stereocenters. The highest BCUT2D eigenvalue weighted by Gasteiger charge is 1.94. The molecule has 2 aromatic rings. The molecule has 0 unspecified atom stereocenters. The summed E-state index contributed by atoms with van der Waals surface area (Å²) in [5.41, 5.74) is -1.50. The van der Waals surface area contributed by atoms with Gasteiger partial charge in [-0.3, -0.25) is 0 Å². The van der Waals surface area contributed by atoms with E-state index in [1.165, 1.54) is 0 Å². The van der Waals surface area contributed by atoms with Gasteiger partial charge in [0.25, 0.3) is 0 Å². The average Bonchev–Trinajstić information content (AvgIpc) is 2.38. The van der Waals surface area contributed by atoms with Crippen molar-refractivity contribution in [1.82, 2.24) is 0 Å². The van der Waals surface area contributed by atoms with Gasteiger partial charge in [-0.2, -0.15) is 0 Å². The lowest BCUT2D eigenvalue weighted by Crippen LogP contribution is -1.78. The van der Waals surface area contributed by atoms with Crippen LogP contribution in [0.1, 0.15) is 27.6 Å². The van der Waals surface area contributed by atoms with Crippen molar-refractivity contribution in [2.45, 2.75) is 13.7 Å². The van der Waals surface area contributed by atoms with Gasteiger partial charge in [-0.25, -0.2) is 0 Å². The van der Waals surface area contributed by atoms with E-state index in [-0.39, 0.29) is 0 Å². The average molecular weight is 168 g/mol. The van der Waals surface area contributed by atoms with Crippen LogP contribution < -0.4 is 0 Å². The summed E-state index contributed by atoms with van der Waals surface area (Å²) in [6, 6.07) is -4.66. The van der Waals surface area contributed by atoms with Crippen LogP contribution >= 0.6 is 0 Å². The van der Waals surface area contributed by atoms with Gasteiger partial charge in [-0.15, -0.1) is 0 Å². The molecule has 0 heteroatoms. The number of hydrogen-bond donors (Lipinski definition) is 0. The molecule has 0 nitrogen and oxygen atoms in total. The minimum Gasteiger partial charge on any atom is -0.0614 e. The first-order chi connectivity index (χ1) is 10.7. The van der Waals surface area contributed by atoms with Crippen molar-refractivity contribution in [3.8, 4) is 0 Å². The second-order valence-corrected chi connectivity index (χ2v) is 2.25. The molecule has 0 fully saturated rings. The van der Waals surface area contributed by atoms with Crippen molar-refractivity contribution in [3.05, 3.63) is 47.4 Å². The minimum absolute atomic E-state index is 0.505. The normalized spacial score (nSPS) is 27.0. The smallest absolute Gasteiger partial charge is 0.0614 e. The summed E-state index contributed by atoms with van der Waals surface area (Å²) in [7, 11) is 0. The molecule has 0 aliphatic carbocycles. The molecule has 12 heavy (non-hydrogen) atoms. The second-order valence-electron chi connectivity index (χ2n) is 2.25. The van der Waals surface area contributed by atoms with E-state index in [0.717, 1.165) is 0 Å². The Kier molecular flexibility index (Phi) is 0.393. The maximum Gasteiger partial charge on any atom is 0.0632 e. The summed E-state index contributed by atoms with van der Waals surface area (Å²) in [4.78, 5) is 0. The van der Waals surface area contributed by atoms with E-state index < -0.39 is 71.9 Å². The molecule has 2 aromatic carbocycles. The molecule has 0 spiro atoms. The van der Waals surface area contributed by atoms with E-state index in [1.54, 1.807) is 0 Å². The van der Waals surface area contributed by atoms with E-state index in [0.29, 0.717) is 0 Å². The van der Waals surface area contributed by atoms with Crippen LogP contribution in [0.4, 0.5) is 0 Å². The van der Waals surface area contributed by atoms with Crippen LogP contribution in [0.15, 0.2) is 36.3 Å². The fraction of sp³-hybridized carbons (Fsp3) is 0.167. The van der Waals surface area contributed by atoms with Crippen LogP contribution in [-0.2, 0) is 0 Å². The van der Waals surface area contributed by atoms with Crippen molar-refractivity contribution >= 4 is 10.8 Å². The molecule has 0 heterocycles. The SMILES string of the molecule is [2H]c1c([2H])c(C([2H])([2H])[2H])c2c([2H])c([2H])c(C([2H])([2H])[2H])c([2H])c2c1[2H]. The van der Waals surface area contributed by atoms with E-state index in [4.69, 9.17) is 16.4 Å². The zero-order valence-corrected chi connectivity index (χ0v) is 6.00. The predicted molar refractivity (Wildman–Crippen MR) is 53.4 cm³/mol. The Morgan fingerprint density at radius 2 is 2.17 bits per heavy atom. The topological polar surface area (TPSA) is 0 Å². The molecule has 0 saturated heterocycles. The fourth-order valence-corrected chi connectivity index (χ4v) is 0.906. The van der Waals surface area contributed by atoms with Gasteiger partial charge in [-0.1, -0.05) is 41.8 Å². The number of benzene rings is 2. The van der Waals surface area contributed by atoms with Crippen LogP contribution in [0.2, 0.25) is 0 Å². The van der Waals surface area contributed by atoms with Crippen LogP contribution in [0.3, 0.4) is 0 Å². The third-order valence-electron chi connectivity index (χ3n) is 1.44. The number of rotatable bonds is 0. The van der Waals surface area contributed by atoms with Crippen molar-refractivity contribution < 1.29 is 16.4 Å². The van der Waals surface area contributed by atoms with Crippen molar-refractivity contribution in [2.24, 2.45) is 0 Å². The summed E-state index contributed by atoms with van der Waals surface area (Å²) in [6.07, 6.45) is 0. The lowest BCUT2D eigenvalue weighted by molar-refractivity contribution is 1.48. The Morgan fingerprint density at radius 1 is 1.17 bits per heavy atom. The van der Waals surface area contributed by atoms with Crippen LogP contribution in [0.5, 0.6) is 0 Å². The molecule has 0 bridgehead atoms. The third-order valence-corrected chi connectivity index (χ3v) is 1.44. The molecular weight excluding hydrogens is 144 g/mol. The Morgan fingerprint density at radius 3 is 3.00 bits per heavy atom. The summed E-state index contributed by atoms with van der Waals surface area (Å²) in [5, 5.41) is -1.02. The Hall–Kier alpha value is -1.30. The first-order valence-electron chi connectivity index (χ1n) is 9.25. The first kappa shape index (κ1) is 1.79. The molecular formula is C12H12. The van der Waals surface area contributed by atoms with Gasteiger partial charge >= 0.3 is 0 Å². The predicted octanol–water partition coefficient (Wildman–Crippen LogP) is 3.46. The van der Waals surface area contributed by atoms with E-state index in [9.17, 15) is 0 Å². The van der Waals surface area contributed by atoms with Gasteiger partial charge in [0.15, 0.2) is 0 Å². The Balaban J connectivity index is 3.27. The summed E-state index contributed by atoms with van der Waals surface area (Å²) >= 11 is 0. The molecule has 0 aliphatic heterocycles. The lowest BCUT2D eigenvalue weighted by atomic mass is 10.0. The summed E-state index contributed by atoms with van der Waals surface area (Å²) in [5.74, 6) is 0. The Labute approximate surface area is 89.7 Å². The quantitative estimate of drug-likeness (QED) is 0.565. The van der Waals surface area contributed by atoms with Gasteiger partial charge in [0, 0.05) is 8.22 Å². The van der Waals surface area contributed by atoms with Gasteiger partial charge in [-0.05, 0) is 30.0 Å². The number of hydrogen-bond acceptors (Lipinski definition) is 0. The number of aryl methyl sites for hydroxylation is 1. The fourth-order valence-electron chi connectivity index (χ4n) is 0.906. The summed E-state index contributed by atoms with van der Waals surface area (Å²) < 4.78 is 92.2. The zero-order valence-electron chi connectivity index (χ0n) is 18.0. The van der Waals surface area contributed by atoms with Crippen molar-refractivity contribution in [1.29, 1.82) is 0 Å². The van der Waals surface area contributed by atoms with E-state index in [2.05, 4.69) is 0 Å². The van der Waals surface area contributed by atoms with Crippen LogP contribution in [0.25, 0.3) is 10.8 Å². The molecule has 0 N–H and O–H groups in total. The van der Waals surface area contributed by atoms with E-state index >= 15 is 0 Å². The molecule has 0 aliphatic rings. The second kappa shape index (κ2) is 2.63. The third kappa shape index (κ3) is 1.10. The van der Waals surface area contributed by atoms with E-state index in [1.807, 2.05) is 0 Å². The monoisotopic (exact) mass is 168 g/mol. The zero-order chi connectivity index (χ0) is 18.8. The van der Waals surface area contributed by atoms with Crippen LogP contribution in [0, 0.1) is 13.7 Å². The van der Waals surface area contributed by atoms with Gasteiger partial charge < -0.3 is 0 Å². The van der Waals surface area contributed by atoms with Crippen molar-refractivity contribution in [2.75, 3.05) is 0 Å². The molecule has 60 valence electrons. The highest BCUT2D eigenvalue weighted by atomic mass is 14.0. The highest BCUT2D eigenvalue weighted by Crippen LogP contribution is 2.18. The molecule has 0 amide bonds.